The molecule has 1 saturated heterocycles. The summed E-state index contributed by atoms with van der Waals surface area (Å²) in [6, 6.07) is 20.8. The van der Waals surface area contributed by atoms with Crippen LogP contribution in [0.2, 0.25) is 0 Å². The highest BCUT2D eigenvalue weighted by Crippen LogP contribution is 2.22. The highest BCUT2D eigenvalue weighted by Gasteiger charge is 2.14. The minimum absolute atomic E-state index is 0.702. The van der Waals surface area contributed by atoms with Crippen LogP contribution in [0.4, 0.5) is 23.1 Å². The highest BCUT2D eigenvalue weighted by molar-refractivity contribution is 5.61. The van der Waals surface area contributed by atoms with Crippen LogP contribution in [0.3, 0.4) is 0 Å². The zero-order chi connectivity index (χ0) is 20.1. The Hall–Kier alpha value is -3.12. The molecule has 0 unspecified atom stereocenters. The predicted molar refractivity (Wildman–Crippen MR) is 120 cm³/mol. The molecule has 2 heterocycles. The highest BCUT2D eigenvalue weighted by atomic mass is 15.3. The van der Waals surface area contributed by atoms with E-state index < -0.39 is 0 Å². The van der Waals surface area contributed by atoms with E-state index in [4.69, 9.17) is 0 Å². The summed E-state index contributed by atoms with van der Waals surface area (Å²) in [5.74, 6) is 1.50. The summed E-state index contributed by atoms with van der Waals surface area (Å²) in [4.78, 5) is 16.0. The van der Waals surface area contributed by atoms with E-state index in [2.05, 4.69) is 73.4 Å². The SMILES string of the molecule is CN1CCN(c2ccc(Nc3ccnc(N(C)Cc4ccccc4)n3)cc2)CC1. The van der Waals surface area contributed by atoms with E-state index in [0.717, 1.165) is 44.2 Å². The topological polar surface area (TPSA) is 47.5 Å². The summed E-state index contributed by atoms with van der Waals surface area (Å²) in [7, 11) is 4.19. The van der Waals surface area contributed by atoms with Crippen molar-refractivity contribution < 1.29 is 0 Å². The number of benzene rings is 2. The molecule has 0 aliphatic carbocycles. The number of rotatable bonds is 6. The van der Waals surface area contributed by atoms with E-state index in [0.29, 0.717) is 5.95 Å². The summed E-state index contributed by atoms with van der Waals surface area (Å²) in [5.41, 5.74) is 3.53. The predicted octanol–water partition coefficient (Wildman–Crippen LogP) is 3.61. The average molecular weight is 389 g/mol. The Morgan fingerprint density at radius 2 is 1.66 bits per heavy atom. The molecule has 0 spiro atoms. The van der Waals surface area contributed by atoms with Crippen molar-refractivity contribution in [3.8, 4) is 0 Å². The van der Waals surface area contributed by atoms with Gasteiger partial charge in [0.2, 0.25) is 5.95 Å². The standard InChI is InChI=1S/C23H28N6/c1-27-14-16-29(17-15-27)21-10-8-20(9-11-21)25-22-12-13-24-23(26-22)28(2)18-19-6-4-3-5-7-19/h3-13H,14-18H2,1-2H3,(H,24,25,26). The Balaban J connectivity index is 1.40. The lowest BCUT2D eigenvalue weighted by molar-refractivity contribution is 0.313. The molecule has 1 aromatic heterocycles. The lowest BCUT2D eigenvalue weighted by Gasteiger charge is -2.34. The first-order valence-corrected chi connectivity index (χ1v) is 10.1. The third-order valence-corrected chi connectivity index (χ3v) is 5.25. The molecule has 0 radical (unpaired) electrons. The van der Waals surface area contributed by atoms with Crippen LogP contribution in [0, 0.1) is 0 Å². The van der Waals surface area contributed by atoms with Crippen LogP contribution in [-0.2, 0) is 6.54 Å². The van der Waals surface area contributed by atoms with Crippen molar-refractivity contribution >= 4 is 23.1 Å². The zero-order valence-electron chi connectivity index (χ0n) is 17.1. The molecular formula is C23H28N6. The Kier molecular flexibility index (Phi) is 5.91. The summed E-state index contributed by atoms with van der Waals surface area (Å²) < 4.78 is 0. The Bertz CT molecular complexity index is 904. The van der Waals surface area contributed by atoms with Gasteiger partial charge < -0.3 is 20.0 Å². The van der Waals surface area contributed by atoms with Crippen molar-refractivity contribution in [2.24, 2.45) is 0 Å². The molecule has 6 heteroatoms. The van der Waals surface area contributed by atoms with Crippen molar-refractivity contribution in [3.05, 3.63) is 72.4 Å². The molecular weight excluding hydrogens is 360 g/mol. The first-order valence-electron chi connectivity index (χ1n) is 10.1. The number of likely N-dealkylation sites (N-methyl/N-ethyl adjacent to an activating group) is 1. The minimum Gasteiger partial charge on any atom is -0.369 e. The van der Waals surface area contributed by atoms with Gasteiger partial charge in [-0.3, -0.25) is 0 Å². The molecule has 1 aliphatic rings. The molecule has 4 rings (SSSR count). The van der Waals surface area contributed by atoms with Crippen LogP contribution < -0.4 is 15.1 Å². The van der Waals surface area contributed by atoms with Gasteiger partial charge in [-0.15, -0.1) is 0 Å². The quantitative estimate of drug-likeness (QED) is 0.696. The number of nitrogens with zero attached hydrogens (tertiary/aromatic N) is 5. The van der Waals surface area contributed by atoms with Gasteiger partial charge in [0.1, 0.15) is 5.82 Å². The normalized spacial score (nSPS) is 14.6. The van der Waals surface area contributed by atoms with E-state index in [1.165, 1.54) is 11.3 Å². The third kappa shape index (κ3) is 5.03. The van der Waals surface area contributed by atoms with Gasteiger partial charge in [-0.25, -0.2) is 4.98 Å². The number of piperazine rings is 1. The molecule has 0 atom stereocenters. The van der Waals surface area contributed by atoms with Crippen LogP contribution >= 0.6 is 0 Å². The summed E-state index contributed by atoms with van der Waals surface area (Å²) in [6.45, 7) is 5.14. The van der Waals surface area contributed by atoms with Gasteiger partial charge in [-0.05, 0) is 42.9 Å². The molecule has 1 fully saturated rings. The van der Waals surface area contributed by atoms with Gasteiger partial charge in [0, 0.05) is 57.3 Å². The molecule has 1 aliphatic heterocycles. The molecule has 1 N–H and O–H groups in total. The Morgan fingerprint density at radius 1 is 0.931 bits per heavy atom. The summed E-state index contributed by atoms with van der Waals surface area (Å²) in [5, 5.41) is 3.40. The second-order valence-corrected chi connectivity index (χ2v) is 7.55. The molecule has 150 valence electrons. The fourth-order valence-corrected chi connectivity index (χ4v) is 3.50. The second-order valence-electron chi connectivity index (χ2n) is 7.55. The number of hydrogen-bond donors (Lipinski definition) is 1. The van der Waals surface area contributed by atoms with Crippen molar-refractivity contribution in [2.45, 2.75) is 6.54 Å². The lowest BCUT2D eigenvalue weighted by atomic mass is 10.2. The minimum atomic E-state index is 0.702. The first-order chi connectivity index (χ1) is 14.2. The van der Waals surface area contributed by atoms with Crippen LogP contribution in [0.15, 0.2) is 66.9 Å². The van der Waals surface area contributed by atoms with E-state index in [1.54, 1.807) is 6.20 Å². The second kappa shape index (κ2) is 8.92. The van der Waals surface area contributed by atoms with E-state index in [9.17, 15) is 0 Å². The molecule has 3 aromatic rings. The maximum Gasteiger partial charge on any atom is 0.227 e. The molecule has 0 amide bonds. The van der Waals surface area contributed by atoms with Gasteiger partial charge in [-0.1, -0.05) is 30.3 Å². The van der Waals surface area contributed by atoms with Crippen molar-refractivity contribution in [1.29, 1.82) is 0 Å². The summed E-state index contributed by atoms with van der Waals surface area (Å²) in [6.07, 6.45) is 1.80. The van der Waals surface area contributed by atoms with Crippen LogP contribution in [0.5, 0.6) is 0 Å². The fraction of sp³-hybridized carbons (Fsp3) is 0.304. The van der Waals surface area contributed by atoms with E-state index in [-0.39, 0.29) is 0 Å². The number of hydrogen-bond acceptors (Lipinski definition) is 6. The molecule has 29 heavy (non-hydrogen) atoms. The molecule has 0 bridgehead atoms. The average Bonchev–Trinajstić information content (AvgIpc) is 2.76. The van der Waals surface area contributed by atoms with E-state index in [1.807, 2.05) is 31.3 Å². The molecule has 2 aromatic carbocycles. The first kappa shape index (κ1) is 19.2. The van der Waals surface area contributed by atoms with Crippen LogP contribution in [-0.4, -0.2) is 55.1 Å². The lowest BCUT2D eigenvalue weighted by Crippen LogP contribution is -2.44. The smallest absolute Gasteiger partial charge is 0.227 e. The van der Waals surface area contributed by atoms with Crippen molar-refractivity contribution in [1.82, 2.24) is 14.9 Å². The van der Waals surface area contributed by atoms with E-state index >= 15 is 0 Å². The molecule has 0 saturated carbocycles. The van der Waals surface area contributed by atoms with Gasteiger partial charge in [0.15, 0.2) is 0 Å². The third-order valence-electron chi connectivity index (χ3n) is 5.25. The van der Waals surface area contributed by atoms with Crippen molar-refractivity contribution in [2.75, 3.05) is 55.4 Å². The summed E-state index contributed by atoms with van der Waals surface area (Å²) >= 11 is 0. The number of aromatic nitrogens is 2. The Labute approximate surface area is 172 Å². The fourth-order valence-electron chi connectivity index (χ4n) is 3.50. The number of anilines is 4. The largest absolute Gasteiger partial charge is 0.369 e. The zero-order valence-corrected chi connectivity index (χ0v) is 17.1. The number of nitrogens with one attached hydrogen (secondary N) is 1. The van der Waals surface area contributed by atoms with Crippen LogP contribution in [0.1, 0.15) is 5.56 Å². The van der Waals surface area contributed by atoms with Gasteiger partial charge in [0.25, 0.3) is 0 Å². The van der Waals surface area contributed by atoms with Gasteiger partial charge in [-0.2, -0.15) is 4.98 Å². The van der Waals surface area contributed by atoms with Gasteiger partial charge >= 0.3 is 0 Å². The van der Waals surface area contributed by atoms with Crippen molar-refractivity contribution in [3.63, 3.8) is 0 Å². The monoisotopic (exact) mass is 388 g/mol. The maximum atomic E-state index is 4.67. The Morgan fingerprint density at radius 3 is 2.38 bits per heavy atom. The molecule has 6 nitrogen and oxygen atoms in total. The van der Waals surface area contributed by atoms with Crippen LogP contribution in [0.25, 0.3) is 0 Å². The maximum absolute atomic E-state index is 4.67. The van der Waals surface area contributed by atoms with Gasteiger partial charge in [0.05, 0.1) is 0 Å².